The summed E-state index contributed by atoms with van der Waals surface area (Å²) in [5, 5.41) is 11.1. The first-order valence-electron chi connectivity index (χ1n) is 7.65. The summed E-state index contributed by atoms with van der Waals surface area (Å²) in [4.78, 5) is 10.3. The molecule has 0 aliphatic carbocycles. The van der Waals surface area contributed by atoms with Crippen molar-refractivity contribution in [1.29, 1.82) is 0 Å². The Kier molecular flexibility index (Phi) is 11.0. The molecule has 5 nitrogen and oxygen atoms in total. The minimum absolute atomic E-state index is 0. The van der Waals surface area contributed by atoms with Gasteiger partial charge in [-0.25, -0.2) is 9.98 Å². The highest BCUT2D eigenvalue weighted by Gasteiger charge is 2.07. The van der Waals surface area contributed by atoms with Crippen molar-refractivity contribution in [2.24, 2.45) is 4.99 Å². The second-order valence-corrected chi connectivity index (χ2v) is 7.07. The van der Waals surface area contributed by atoms with Gasteiger partial charge in [-0.15, -0.1) is 35.3 Å². The van der Waals surface area contributed by atoms with Crippen LogP contribution in [0.25, 0.3) is 0 Å². The van der Waals surface area contributed by atoms with Crippen LogP contribution in [0.2, 0.25) is 0 Å². The lowest BCUT2D eigenvalue weighted by molar-refractivity contribution is 0.428. The highest BCUT2D eigenvalue weighted by atomic mass is 127. The number of thiazole rings is 1. The second kappa shape index (κ2) is 11.2. The van der Waals surface area contributed by atoms with E-state index in [-0.39, 0.29) is 29.5 Å². The predicted molar refractivity (Wildman–Crippen MR) is 107 cm³/mol. The summed E-state index contributed by atoms with van der Waals surface area (Å²) in [5.41, 5.74) is 0.147. The Morgan fingerprint density at radius 2 is 1.95 bits per heavy atom. The molecule has 22 heavy (non-hydrogen) atoms. The van der Waals surface area contributed by atoms with Crippen molar-refractivity contribution >= 4 is 41.3 Å². The molecule has 0 saturated heterocycles. The van der Waals surface area contributed by atoms with Gasteiger partial charge in [0.15, 0.2) is 5.96 Å². The minimum Gasteiger partial charge on any atom is -0.357 e. The molecule has 3 N–H and O–H groups in total. The molecule has 1 aromatic rings. The highest BCUT2D eigenvalue weighted by Crippen LogP contribution is 2.13. The SMILES string of the molecule is CCNC(=NCc1ncc(CC)s1)NCCNC(C)(C)C.I. The topological polar surface area (TPSA) is 61.3 Å². The van der Waals surface area contributed by atoms with Gasteiger partial charge in [0.1, 0.15) is 5.01 Å². The molecule has 0 atom stereocenters. The lowest BCUT2D eigenvalue weighted by atomic mass is 10.1. The zero-order valence-electron chi connectivity index (χ0n) is 14.3. The van der Waals surface area contributed by atoms with Crippen molar-refractivity contribution in [2.45, 2.75) is 53.1 Å². The summed E-state index contributed by atoms with van der Waals surface area (Å²) in [6, 6.07) is 0. The van der Waals surface area contributed by atoms with Crippen LogP contribution in [0.15, 0.2) is 11.2 Å². The Hall–Kier alpha value is -0.410. The Balaban J connectivity index is 0.00000441. The zero-order chi connectivity index (χ0) is 15.7. The summed E-state index contributed by atoms with van der Waals surface area (Å²) in [6.07, 6.45) is 2.99. The number of hydrogen-bond acceptors (Lipinski definition) is 4. The zero-order valence-corrected chi connectivity index (χ0v) is 17.5. The third-order valence-electron chi connectivity index (χ3n) is 2.74. The number of aromatic nitrogens is 1. The minimum atomic E-state index is 0. The molecule has 0 radical (unpaired) electrons. The van der Waals surface area contributed by atoms with Gasteiger partial charge in [-0.3, -0.25) is 0 Å². The van der Waals surface area contributed by atoms with Crippen LogP contribution in [0.3, 0.4) is 0 Å². The summed E-state index contributed by atoms with van der Waals surface area (Å²) >= 11 is 1.74. The normalized spacial score (nSPS) is 12.0. The first kappa shape index (κ1) is 21.6. The highest BCUT2D eigenvalue weighted by molar-refractivity contribution is 14.0. The third kappa shape index (κ3) is 9.58. The molecule has 0 bridgehead atoms. The Morgan fingerprint density at radius 1 is 1.23 bits per heavy atom. The fourth-order valence-corrected chi connectivity index (χ4v) is 2.48. The van der Waals surface area contributed by atoms with Crippen LogP contribution in [0.5, 0.6) is 0 Å². The quantitative estimate of drug-likeness (QED) is 0.265. The average Bonchev–Trinajstić information content (AvgIpc) is 2.87. The maximum Gasteiger partial charge on any atom is 0.191 e. The molecule has 0 unspecified atom stereocenters. The van der Waals surface area contributed by atoms with Gasteiger partial charge in [0.2, 0.25) is 0 Å². The fraction of sp³-hybridized carbons (Fsp3) is 0.733. The second-order valence-electron chi connectivity index (χ2n) is 5.87. The van der Waals surface area contributed by atoms with Gasteiger partial charge in [-0.2, -0.15) is 0 Å². The van der Waals surface area contributed by atoms with Gasteiger partial charge in [0.25, 0.3) is 0 Å². The number of halogens is 1. The van der Waals surface area contributed by atoms with Gasteiger partial charge in [0, 0.05) is 36.2 Å². The van der Waals surface area contributed by atoms with Crippen LogP contribution in [0, 0.1) is 0 Å². The van der Waals surface area contributed by atoms with Crippen molar-refractivity contribution < 1.29 is 0 Å². The Bertz CT molecular complexity index is 439. The molecule has 7 heteroatoms. The lowest BCUT2D eigenvalue weighted by Gasteiger charge is -2.21. The van der Waals surface area contributed by atoms with Crippen LogP contribution in [-0.2, 0) is 13.0 Å². The van der Waals surface area contributed by atoms with Crippen LogP contribution in [0.4, 0.5) is 0 Å². The van der Waals surface area contributed by atoms with Gasteiger partial charge in [-0.05, 0) is 34.1 Å². The van der Waals surface area contributed by atoms with Crippen LogP contribution >= 0.6 is 35.3 Å². The van der Waals surface area contributed by atoms with Crippen molar-refractivity contribution in [2.75, 3.05) is 19.6 Å². The van der Waals surface area contributed by atoms with Gasteiger partial charge >= 0.3 is 0 Å². The fourth-order valence-electron chi connectivity index (χ4n) is 1.69. The van der Waals surface area contributed by atoms with E-state index in [1.165, 1.54) is 4.88 Å². The summed E-state index contributed by atoms with van der Waals surface area (Å²) in [5.74, 6) is 0.849. The van der Waals surface area contributed by atoms with E-state index in [0.717, 1.165) is 37.0 Å². The van der Waals surface area contributed by atoms with E-state index in [1.54, 1.807) is 11.3 Å². The van der Waals surface area contributed by atoms with Crippen molar-refractivity contribution in [3.63, 3.8) is 0 Å². The smallest absolute Gasteiger partial charge is 0.191 e. The predicted octanol–water partition coefficient (Wildman–Crippen LogP) is 2.77. The van der Waals surface area contributed by atoms with Crippen LogP contribution in [-0.4, -0.2) is 36.1 Å². The first-order chi connectivity index (χ1) is 9.94. The molecule has 0 spiro atoms. The van der Waals surface area contributed by atoms with E-state index in [2.05, 4.69) is 60.5 Å². The maximum atomic E-state index is 4.58. The molecule has 0 amide bonds. The molecule has 0 fully saturated rings. The largest absolute Gasteiger partial charge is 0.357 e. The molecule has 0 aliphatic rings. The van der Waals surface area contributed by atoms with E-state index in [1.807, 2.05) is 6.20 Å². The van der Waals surface area contributed by atoms with Gasteiger partial charge in [0.05, 0.1) is 6.54 Å². The first-order valence-corrected chi connectivity index (χ1v) is 8.47. The number of guanidine groups is 1. The molecule has 1 rings (SSSR count). The van der Waals surface area contributed by atoms with E-state index in [0.29, 0.717) is 6.54 Å². The molecule has 1 heterocycles. The summed E-state index contributed by atoms with van der Waals surface area (Å²) in [6.45, 7) is 14.0. The molecule has 0 aliphatic heterocycles. The molecular formula is C15H30IN5S. The number of hydrogen-bond donors (Lipinski definition) is 3. The Morgan fingerprint density at radius 3 is 2.50 bits per heavy atom. The monoisotopic (exact) mass is 439 g/mol. The van der Waals surface area contributed by atoms with Crippen molar-refractivity contribution in [1.82, 2.24) is 20.9 Å². The molecule has 128 valence electrons. The van der Waals surface area contributed by atoms with Crippen LogP contribution < -0.4 is 16.0 Å². The van der Waals surface area contributed by atoms with E-state index in [9.17, 15) is 0 Å². The molecular weight excluding hydrogens is 409 g/mol. The maximum absolute atomic E-state index is 4.58. The molecule has 1 aromatic heterocycles. The van der Waals surface area contributed by atoms with E-state index >= 15 is 0 Å². The van der Waals surface area contributed by atoms with Crippen molar-refractivity contribution in [3.8, 4) is 0 Å². The number of nitrogens with one attached hydrogen (secondary N) is 3. The number of rotatable bonds is 7. The molecule has 0 aromatic carbocycles. The number of aryl methyl sites for hydroxylation is 1. The average molecular weight is 439 g/mol. The standard InChI is InChI=1S/C15H29N5S.HI/c1-6-12-10-18-13(21-12)11-19-14(16-7-2)17-8-9-20-15(3,4)5;/h10,20H,6-9,11H2,1-5H3,(H2,16,17,19);1H. The van der Waals surface area contributed by atoms with Crippen LogP contribution in [0.1, 0.15) is 44.5 Å². The van der Waals surface area contributed by atoms with Gasteiger partial charge < -0.3 is 16.0 Å². The lowest BCUT2D eigenvalue weighted by Crippen LogP contribution is -2.44. The summed E-state index contributed by atoms with van der Waals surface area (Å²) < 4.78 is 0. The van der Waals surface area contributed by atoms with Crippen molar-refractivity contribution in [3.05, 3.63) is 16.1 Å². The van der Waals surface area contributed by atoms with E-state index in [4.69, 9.17) is 0 Å². The Labute approximate surface area is 155 Å². The third-order valence-corrected chi connectivity index (χ3v) is 3.87. The summed E-state index contributed by atoms with van der Waals surface area (Å²) in [7, 11) is 0. The number of aliphatic imine (C=N–C) groups is 1. The van der Waals surface area contributed by atoms with Gasteiger partial charge in [-0.1, -0.05) is 6.92 Å². The van der Waals surface area contributed by atoms with E-state index < -0.39 is 0 Å². The number of nitrogens with zero attached hydrogens (tertiary/aromatic N) is 2. The molecule has 0 saturated carbocycles.